The van der Waals surface area contributed by atoms with E-state index in [4.69, 9.17) is 5.73 Å². The fraction of sp³-hybridized carbons (Fsp3) is 0.286. The van der Waals surface area contributed by atoms with Crippen LogP contribution in [0.4, 0.5) is 11.5 Å². The highest BCUT2D eigenvalue weighted by atomic mass is 15.0. The third-order valence-corrected chi connectivity index (χ3v) is 4.74. The van der Waals surface area contributed by atoms with Crippen LogP contribution in [0.3, 0.4) is 0 Å². The van der Waals surface area contributed by atoms with E-state index in [-0.39, 0.29) is 0 Å². The number of benzene rings is 1. The molecule has 3 aromatic rings. The fourth-order valence-corrected chi connectivity index (χ4v) is 3.23. The summed E-state index contributed by atoms with van der Waals surface area (Å²) in [6.07, 6.45) is 4.48. The summed E-state index contributed by atoms with van der Waals surface area (Å²) >= 11 is 0. The van der Waals surface area contributed by atoms with Crippen LogP contribution in [0, 0.1) is 0 Å². The van der Waals surface area contributed by atoms with Crippen LogP contribution in [0.2, 0.25) is 0 Å². The molecule has 140 valence electrons. The zero-order chi connectivity index (χ0) is 19.6. The summed E-state index contributed by atoms with van der Waals surface area (Å²) in [6.45, 7) is 6.03. The molecule has 0 fully saturated rings. The maximum absolute atomic E-state index is 6.12. The number of hydrogen-bond donors (Lipinski definition) is 2. The number of fused-ring (bicyclic) bond motifs is 1. The molecule has 6 nitrogen and oxygen atoms in total. The smallest absolute Gasteiger partial charge is 0.132 e. The van der Waals surface area contributed by atoms with Gasteiger partial charge in [0.25, 0.3) is 0 Å². The van der Waals surface area contributed by atoms with Crippen molar-refractivity contribution in [3.05, 3.63) is 53.6 Å². The number of hydrogen-bond acceptors (Lipinski definition) is 5. The lowest BCUT2D eigenvalue weighted by molar-refractivity contribution is 0.947. The first-order valence-corrected chi connectivity index (χ1v) is 9.02. The van der Waals surface area contributed by atoms with Crippen molar-refractivity contribution in [2.45, 2.75) is 27.2 Å². The van der Waals surface area contributed by atoms with Crippen molar-refractivity contribution in [2.24, 2.45) is 17.8 Å². The molecule has 6 heteroatoms. The molecule has 0 radical (unpaired) electrons. The minimum atomic E-state index is 0.768. The van der Waals surface area contributed by atoms with Gasteiger partial charge in [-0.1, -0.05) is 13.0 Å². The number of pyridine rings is 1. The number of aliphatic imine (C=N–C) groups is 1. The van der Waals surface area contributed by atoms with E-state index in [0.29, 0.717) is 0 Å². The number of nitrogens with zero attached hydrogens (tertiary/aromatic N) is 4. The van der Waals surface area contributed by atoms with Crippen molar-refractivity contribution >= 4 is 33.8 Å². The summed E-state index contributed by atoms with van der Waals surface area (Å²) in [5.74, 6) is 0.797. The highest BCUT2D eigenvalue weighted by Crippen LogP contribution is 2.27. The Bertz CT molecular complexity index is 1040. The number of allylic oxidation sites excluding steroid dienone is 2. The van der Waals surface area contributed by atoms with E-state index in [1.807, 2.05) is 31.5 Å². The largest absolute Gasteiger partial charge is 0.402 e. The van der Waals surface area contributed by atoms with Gasteiger partial charge in [-0.15, -0.1) is 0 Å². The van der Waals surface area contributed by atoms with Crippen LogP contribution in [0.15, 0.2) is 47.5 Å². The van der Waals surface area contributed by atoms with Gasteiger partial charge in [-0.25, -0.2) is 9.97 Å². The summed E-state index contributed by atoms with van der Waals surface area (Å²) < 4.78 is 1.99. The van der Waals surface area contributed by atoms with Crippen molar-refractivity contribution in [1.82, 2.24) is 14.5 Å². The van der Waals surface area contributed by atoms with Gasteiger partial charge >= 0.3 is 0 Å². The van der Waals surface area contributed by atoms with E-state index >= 15 is 0 Å². The quantitative estimate of drug-likeness (QED) is 0.671. The lowest BCUT2D eigenvalue weighted by Gasteiger charge is -2.15. The van der Waals surface area contributed by atoms with E-state index < -0.39 is 0 Å². The lowest BCUT2D eigenvalue weighted by atomic mass is 9.96. The number of nitrogens with one attached hydrogen (secondary N) is 1. The minimum Gasteiger partial charge on any atom is -0.402 e. The zero-order valence-electron chi connectivity index (χ0n) is 16.5. The molecule has 3 rings (SSSR count). The Morgan fingerprint density at radius 3 is 2.67 bits per heavy atom. The number of nitrogens with two attached hydrogens (primary N) is 1. The highest BCUT2D eigenvalue weighted by molar-refractivity contribution is 6.23. The second-order valence-corrected chi connectivity index (χ2v) is 6.63. The number of aryl methyl sites for hydroxylation is 2. The predicted octanol–water partition coefficient (Wildman–Crippen LogP) is 4.05. The summed E-state index contributed by atoms with van der Waals surface area (Å²) in [7, 11) is 3.77. The van der Waals surface area contributed by atoms with Crippen molar-refractivity contribution in [2.75, 3.05) is 12.4 Å². The van der Waals surface area contributed by atoms with Gasteiger partial charge in [-0.2, -0.15) is 0 Å². The first-order valence-electron chi connectivity index (χ1n) is 9.02. The van der Waals surface area contributed by atoms with Crippen molar-refractivity contribution < 1.29 is 0 Å². The maximum atomic E-state index is 6.12. The zero-order valence-corrected chi connectivity index (χ0v) is 16.5. The standard InChI is InChI=1S/C21H26N6/c1-6-15-9-16(21(13(2)22)14(3)23-4)7-8-17(15)26-20-10-19-18(11-24-20)25-12-27(19)5/h7-12H,6,22H2,1-5H3,(H,24,26)/b21-13+,23-14?. The van der Waals surface area contributed by atoms with Crippen molar-refractivity contribution in [1.29, 1.82) is 0 Å². The second-order valence-electron chi connectivity index (χ2n) is 6.63. The summed E-state index contributed by atoms with van der Waals surface area (Å²) in [5, 5.41) is 3.44. The van der Waals surface area contributed by atoms with Crippen LogP contribution >= 0.6 is 0 Å². The summed E-state index contributed by atoms with van der Waals surface area (Å²) in [4.78, 5) is 13.1. The molecule has 0 amide bonds. The molecule has 2 heterocycles. The van der Waals surface area contributed by atoms with Crippen LogP contribution in [-0.2, 0) is 13.5 Å². The lowest BCUT2D eigenvalue weighted by Crippen LogP contribution is -2.07. The molecule has 27 heavy (non-hydrogen) atoms. The van der Waals surface area contributed by atoms with E-state index in [9.17, 15) is 0 Å². The van der Waals surface area contributed by atoms with Gasteiger partial charge in [0, 0.05) is 42.8 Å². The molecule has 0 atom stereocenters. The molecular formula is C21H26N6. The molecule has 0 saturated heterocycles. The molecule has 3 N–H and O–H groups in total. The Morgan fingerprint density at radius 2 is 2.00 bits per heavy atom. The van der Waals surface area contributed by atoms with Crippen molar-refractivity contribution in [3.63, 3.8) is 0 Å². The average molecular weight is 362 g/mol. The highest BCUT2D eigenvalue weighted by Gasteiger charge is 2.11. The van der Waals surface area contributed by atoms with Gasteiger partial charge in [0.1, 0.15) is 11.3 Å². The van der Waals surface area contributed by atoms with Crippen LogP contribution in [-0.4, -0.2) is 27.3 Å². The van der Waals surface area contributed by atoms with Gasteiger partial charge in [-0.05, 0) is 43.5 Å². The Labute approximate surface area is 159 Å². The third-order valence-electron chi connectivity index (χ3n) is 4.74. The predicted molar refractivity (Wildman–Crippen MR) is 113 cm³/mol. The third kappa shape index (κ3) is 3.69. The minimum absolute atomic E-state index is 0.768. The normalized spacial score (nSPS) is 13.0. The van der Waals surface area contributed by atoms with Crippen LogP contribution < -0.4 is 11.1 Å². The van der Waals surface area contributed by atoms with Crippen LogP contribution in [0.25, 0.3) is 16.6 Å². The number of rotatable bonds is 5. The number of aromatic nitrogens is 3. The Balaban J connectivity index is 1.99. The summed E-state index contributed by atoms with van der Waals surface area (Å²) in [6, 6.07) is 8.34. The van der Waals surface area contributed by atoms with E-state index in [0.717, 1.165) is 51.5 Å². The molecule has 2 aromatic heterocycles. The molecule has 1 aromatic carbocycles. The van der Waals surface area contributed by atoms with E-state index in [1.54, 1.807) is 19.6 Å². The summed E-state index contributed by atoms with van der Waals surface area (Å²) in [5.41, 5.74) is 14.1. The Hall–Kier alpha value is -3.15. The van der Waals surface area contributed by atoms with E-state index in [2.05, 4.69) is 45.4 Å². The molecule has 0 aliphatic rings. The number of anilines is 2. The monoisotopic (exact) mass is 362 g/mol. The fourth-order valence-electron chi connectivity index (χ4n) is 3.23. The molecule has 0 bridgehead atoms. The van der Waals surface area contributed by atoms with Crippen LogP contribution in [0.1, 0.15) is 31.9 Å². The molecule has 0 saturated carbocycles. The Morgan fingerprint density at radius 1 is 1.22 bits per heavy atom. The van der Waals surface area contributed by atoms with Gasteiger partial charge in [-0.3, -0.25) is 4.99 Å². The average Bonchev–Trinajstić information content (AvgIpc) is 3.03. The number of imidazole rings is 1. The van der Waals surface area contributed by atoms with E-state index in [1.165, 1.54) is 5.56 Å². The Kier molecular flexibility index (Phi) is 5.26. The van der Waals surface area contributed by atoms with Gasteiger partial charge in [0.05, 0.1) is 18.0 Å². The van der Waals surface area contributed by atoms with Crippen molar-refractivity contribution in [3.8, 4) is 0 Å². The molecule has 0 aliphatic carbocycles. The van der Waals surface area contributed by atoms with Crippen LogP contribution in [0.5, 0.6) is 0 Å². The van der Waals surface area contributed by atoms with Gasteiger partial charge < -0.3 is 15.6 Å². The molecule has 0 spiro atoms. The second kappa shape index (κ2) is 7.61. The topological polar surface area (TPSA) is 81.1 Å². The molecule has 0 unspecified atom stereocenters. The first-order chi connectivity index (χ1) is 12.9. The van der Waals surface area contributed by atoms with Gasteiger partial charge in [0.2, 0.25) is 0 Å². The van der Waals surface area contributed by atoms with Gasteiger partial charge in [0.15, 0.2) is 0 Å². The molecule has 0 aliphatic heterocycles. The maximum Gasteiger partial charge on any atom is 0.132 e. The molecular weight excluding hydrogens is 336 g/mol. The SMILES string of the molecule is CCc1cc(/C(C(C)=NC)=C(\C)N)ccc1Nc1cc2c(cn1)ncn2C. The first kappa shape index (κ1) is 18.6.